The number of nitrogens with zero attached hydrogens (tertiary/aromatic N) is 3. The van der Waals surface area contributed by atoms with E-state index in [1.165, 1.54) is 10.4 Å². The summed E-state index contributed by atoms with van der Waals surface area (Å²) in [5.41, 5.74) is -1.46. The van der Waals surface area contributed by atoms with Crippen LogP contribution in [-0.2, 0) is 22.0 Å². The molecule has 8 nitrogen and oxygen atoms in total. The van der Waals surface area contributed by atoms with Crippen molar-refractivity contribution in [1.82, 2.24) is 14.4 Å². The summed E-state index contributed by atoms with van der Waals surface area (Å²) in [4.78, 5) is 4.25. The van der Waals surface area contributed by atoms with Crippen molar-refractivity contribution >= 4 is 10.0 Å². The minimum Gasteiger partial charge on any atom is -0.465 e. The molecule has 0 unspecified atom stereocenters. The summed E-state index contributed by atoms with van der Waals surface area (Å²) in [6, 6.07) is 1.49. The van der Waals surface area contributed by atoms with Crippen LogP contribution in [0.2, 0.25) is 0 Å². The lowest BCUT2D eigenvalue weighted by Crippen LogP contribution is -2.34. The van der Waals surface area contributed by atoms with Crippen LogP contribution < -0.4 is 0 Å². The van der Waals surface area contributed by atoms with Crippen molar-refractivity contribution < 1.29 is 22.5 Å². The van der Waals surface area contributed by atoms with Crippen molar-refractivity contribution in [3.63, 3.8) is 0 Å². The smallest absolute Gasteiger partial charge is 0.260 e. The van der Waals surface area contributed by atoms with Crippen molar-refractivity contribution in [2.45, 2.75) is 44.1 Å². The molecule has 9 heteroatoms. The molecule has 1 atom stereocenters. The van der Waals surface area contributed by atoms with Crippen LogP contribution in [-0.4, -0.2) is 41.1 Å². The number of aromatic nitrogens is 2. The standard InChI is InChI=1S/C14H19N3O5S/c1-4-12-15-13(22-16-12)14(18)5-6-17(8-14)23(19,20)11-7-9(2)21-10(11)3/h7,18H,4-6,8H2,1-3H3/t14-/m1/s1. The second kappa shape index (κ2) is 5.43. The van der Waals surface area contributed by atoms with Gasteiger partial charge in [-0.25, -0.2) is 8.42 Å². The summed E-state index contributed by atoms with van der Waals surface area (Å²) in [7, 11) is -3.74. The Morgan fingerprint density at radius 3 is 2.74 bits per heavy atom. The molecule has 3 heterocycles. The zero-order chi connectivity index (χ0) is 16.8. The number of aliphatic hydroxyl groups is 1. The van der Waals surface area contributed by atoms with Crippen LogP contribution in [0.4, 0.5) is 0 Å². The maximum absolute atomic E-state index is 12.7. The van der Waals surface area contributed by atoms with E-state index in [1.54, 1.807) is 13.8 Å². The Kier molecular flexibility index (Phi) is 3.81. The summed E-state index contributed by atoms with van der Waals surface area (Å²) < 4.78 is 37.1. The van der Waals surface area contributed by atoms with Gasteiger partial charge in [0.25, 0.3) is 5.89 Å². The lowest BCUT2D eigenvalue weighted by molar-refractivity contribution is 0.0194. The molecule has 2 aromatic rings. The lowest BCUT2D eigenvalue weighted by atomic mass is 10.0. The molecule has 126 valence electrons. The summed E-state index contributed by atoms with van der Waals surface area (Å²) in [6.45, 7) is 5.22. The van der Waals surface area contributed by atoms with E-state index in [9.17, 15) is 13.5 Å². The van der Waals surface area contributed by atoms with Crippen molar-refractivity contribution in [2.24, 2.45) is 0 Å². The summed E-state index contributed by atoms with van der Waals surface area (Å²) in [5, 5.41) is 14.5. The molecule has 1 fully saturated rings. The molecule has 3 rings (SSSR count). The highest BCUT2D eigenvalue weighted by Crippen LogP contribution is 2.35. The number of aryl methyl sites for hydroxylation is 3. The van der Waals surface area contributed by atoms with Crippen LogP contribution in [0.3, 0.4) is 0 Å². The highest BCUT2D eigenvalue weighted by atomic mass is 32.2. The third-order valence-corrected chi connectivity index (χ3v) is 5.96. The van der Waals surface area contributed by atoms with Crippen LogP contribution in [0.5, 0.6) is 0 Å². The topological polar surface area (TPSA) is 110 Å². The zero-order valence-corrected chi connectivity index (χ0v) is 14.1. The van der Waals surface area contributed by atoms with Crippen LogP contribution in [0.1, 0.15) is 36.6 Å². The van der Waals surface area contributed by atoms with Crippen LogP contribution in [0.25, 0.3) is 0 Å². The predicted molar refractivity (Wildman–Crippen MR) is 79.1 cm³/mol. The largest absolute Gasteiger partial charge is 0.465 e. The molecule has 0 spiro atoms. The molecule has 0 bridgehead atoms. The van der Waals surface area contributed by atoms with Gasteiger partial charge in [0.15, 0.2) is 11.4 Å². The Morgan fingerprint density at radius 2 is 2.17 bits per heavy atom. The fourth-order valence-corrected chi connectivity index (χ4v) is 4.44. The first-order chi connectivity index (χ1) is 10.8. The SMILES string of the molecule is CCc1noc([C@@]2(O)CCN(S(=O)(=O)c3cc(C)oc3C)C2)n1. The highest BCUT2D eigenvalue weighted by molar-refractivity contribution is 7.89. The van der Waals surface area contributed by atoms with Gasteiger partial charge < -0.3 is 14.0 Å². The molecule has 1 aliphatic heterocycles. The summed E-state index contributed by atoms with van der Waals surface area (Å²) >= 11 is 0. The van der Waals surface area contributed by atoms with Gasteiger partial charge in [-0.3, -0.25) is 0 Å². The molecule has 0 amide bonds. The number of β-amino-alcohol motifs (C(OH)–C–C–N with tert-alkyl or cyclic N) is 1. The summed E-state index contributed by atoms with van der Waals surface area (Å²) in [5.74, 6) is 1.41. The molecule has 2 aromatic heterocycles. The van der Waals surface area contributed by atoms with E-state index in [4.69, 9.17) is 8.94 Å². The van der Waals surface area contributed by atoms with Gasteiger partial charge in [0.1, 0.15) is 16.4 Å². The maximum Gasteiger partial charge on any atom is 0.260 e. The molecule has 1 saturated heterocycles. The van der Waals surface area contributed by atoms with Gasteiger partial charge in [0.05, 0.1) is 6.54 Å². The lowest BCUT2D eigenvalue weighted by Gasteiger charge is -2.19. The molecule has 0 aromatic carbocycles. The van der Waals surface area contributed by atoms with Gasteiger partial charge in [-0.15, -0.1) is 0 Å². The van der Waals surface area contributed by atoms with Crippen LogP contribution in [0, 0.1) is 13.8 Å². The first-order valence-corrected chi connectivity index (χ1v) is 8.83. The molecule has 0 radical (unpaired) electrons. The molecule has 0 aliphatic carbocycles. The van der Waals surface area contributed by atoms with E-state index in [-0.39, 0.29) is 30.3 Å². The zero-order valence-electron chi connectivity index (χ0n) is 13.2. The average Bonchev–Trinajstić information content (AvgIpc) is 3.18. The van der Waals surface area contributed by atoms with E-state index < -0.39 is 15.6 Å². The van der Waals surface area contributed by atoms with Crippen molar-refractivity contribution in [2.75, 3.05) is 13.1 Å². The van der Waals surface area contributed by atoms with E-state index in [2.05, 4.69) is 10.1 Å². The molecule has 1 aliphatic rings. The number of hydrogen-bond acceptors (Lipinski definition) is 7. The number of sulfonamides is 1. The molecular formula is C14H19N3O5S. The predicted octanol–water partition coefficient (Wildman–Crippen LogP) is 1.12. The van der Waals surface area contributed by atoms with Gasteiger partial charge in [0, 0.05) is 19.4 Å². The second-order valence-corrected chi connectivity index (χ2v) is 7.67. The number of hydrogen-bond donors (Lipinski definition) is 1. The fourth-order valence-electron chi connectivity index (χ4n) is 2.73. The first-order valence-electron chi connectivity index (χ1n) is 7.39. The Balaban J connectivity index is 1.88. The highest BCUT2D eigenvalue weighted by Gasteiger charge is 2.47. The van der Waals surface area contributed by atoms with E-state index in [0.29, 0.717) is 23.8 Å². The third-order valence-electron chi connectivity index (χ3n) is 4.01. The van der Waals surface area contributed by atoms with E-state index >= 15 is 0 Å². The molecule has 23 heavy (non-hydrogen) atoms. The van der Waals surface area contributed by atoms with Crippen LogP contribution in [0.15, 0.2) is 19.9 Å². The Morgan fingerprint density at radius 1 is 1.43 bits per heavy atom. The first kappa shape index (κ1) is 16.2. The average molecular weight is 341 g/mol. The fraction of sp³-hybridized carbons (Fsp3) is 0.571. The Bertz CT molecular complexity index is 825. The second-order valence-electron chi connectivity index (χ2n) is 5.77. The Labute approximate surface area is 134 Å². The normalized spacial score (nSPS) is 22.8. The minimum atomic E-state index is -3.74. The van der Waals surface area contributed by atoms with E-state index in [0.717, 1.165) is 0 Å². The van der Waals surface area contributed by atoms with Gasteiger partial charge in [-0.2, -0.15) is 9.29 Å². The maximum atomic E-state index is 12.7. The minimum absolute atomic E-state index is 0.0622. The summed E-state index contributed by atoms with van der Waals surface area (Å²) in [6.07, 6.45) is 0.780. The Hall–Kier alpha value is -1.71. The number of rotatable bonds is 4. The van der Waals surface area contributed by atoms with Crippen molar-refractivity contribution in [3.05, 3.63) is 29.3 Å². The monoisotopic (exact) mass is 341 g/mol. The molecule has 1 N–H and O–H groups in total. The third kappa shape index (κ3) is 2.68. The van der Waals surface area contributed by atoms with Gasteiger partial charge in [-0.1, -0.05) is 12.1 Å². The van der Waals surface area contributed by atoms with Crippen LogP contribution >= 0.6 is 0 Å². The van der Waals surface area contributed by atoms with Gasteiger partial charge in [0.2, 0.25) is 10.0 Å². The van der Waals surface area contributed by atoms with Crippen molar-refractivity contribution in [3.8, 4) is 0 Å². The van der Waals surface area contributed by atoms with Gasteiger partial charge >= 0.3 is 0 Å². The van der Waals surface area contributed by atoms with Crippen molar-refractivity contribution in [1.29, 1.82) is 0 Å². The quantitative estimate of drug-likeness (QED) is 0.887. The van der Waals surface area contributed by atoms with Gasteiger partial charge in [-0.05, 0) is 19.9 Å². The molecule has 0 saturated carbocycles. The molecular weight excluding hydrogens is 322 g/mol. The van der Waals surface area contributed by atoms with E-state index in [1.807, 2.05) is 6.92 Å². The number of furan rings is 1.